The molecule has 182 valence electrons. The average Bonchev–Trinajstić information content (AvgIpc) is 3.40. The normalized spacial score (nSPS) is 13.4. The predicted molar refractivity (Wildman–Crippen MR) is 120 cm³/mol. The summed E-state index contributed by atoms with van der Waals surface area (Å²) in [5, 5.41) is 6.81. The molecule has 0 spiro atoms. The van der Waals surface area contributed by atoms with Crippen molar-refractivity contribution < 1.29 is 26.7 Å². The monoisotopic (exact) mass is 498 g/mol. The van der Waals surface area contributed by atoms with Crippen molar-refractivity contribution in [2.24, 2.45) is 7.05 Å². The number of rotatable bonds is 7. The van der Waals surface area contributed by atoms with Crippen LogP contribution in [-0.4, -0.2) is 20.7 Å². The Kier molecular flexibility index (Phi) is 7.25. The van der Waals surface area contributed by atoms with E-state index in [9.17, 15) is 26.7 Å². The smallest absolute Gasteiger partial charge is 0.343 e. The molecule has 0 fully saturated rings. The van der Waals surface area contributed by atoms with Crippen LogP contribution in [0.15, 0.2) is 42.6 Å². The minimum Gasteiger partial charge on any atom is -0.343 e. The van der Waals surface area contributed by atoms with E-state index >= 15 is 0 Å². The van der Waals surface area contributed by atoms with Gasteiger partial charge in [0.15, 0.2) is 0 Å². The Hall–Kier alpha value is -3.08. The third kappa shape index (κ3) is 5.35. The lowest BCUT2D eigenvalue weighted by Crippen LogP contribution is -2.27. The van der Waals surface area contributed by atoms with Gasteiger partial charge < -0.3 is 5.32 Å². The zero-order valence-corrected chi connectivity index (χ0v) is 19.7. The fraction of sp³-hybridized carbons (Fsp3) is 0.348. The van der Waals surface area contributed by atoms with Crippen LogP contribution in [0.25, 0.3) is 10.6 Å². The molecule has 0 aliphatic heterocycles. The average molecular weight is 499 g/mol. The molecule has 3 aromatic rings. The second kappa shape index (κ2) is 9.65. The van der Waals surface area contributed by atoms with E-state index in [1.54, 1.807) is 19.9 Å². The first-order valence-electron chi connectivity index (χ1n) is 10.4. The first-order chi connectivity index (χ1) is 15.9. The first-order valence-corrected chi connectivity index (χ1v) is 11.2. The SMILES string of the molecule is C/C=C/C(F)(F)c1cc(C(=O)NC(C)c2cnc(-c3ccc(CC)c(C(F)(F)F)c3)s2)n(C)n1. The molecular weight excluding hydrogens is 475 g/mol. The molecule has 0 saturated carbocycles. The van der Waals surface area contributed by atoms with Crippen molar-refractivity contribution in [2.75, 3.05) is 0 Å². The molecule has 1 aromatic carbocycles. The number of aryl methyl sites for hydroxylation is 2. The zero-order valence-electron chi connectivity index (χ0n) is 18.9. The number of aromatic nitrogens is 3. The summed E-state index contributed by atoms with van der Waals surface area (Å²) in [5.74, 6) is -3.93. The maximum atomic E-state index is 14.1. The number of hydrogen-bond donors (Lipinski definition) is 1. The molecule has 3 rings (SSSR count). The van der Waals surface area contributed by atoms with Crippen molar-refractivity contribution in [1.82, 2.24) is 20.1 Å². The summed E-state index contributed by atoms with van der Waals surface area (Å²) in [4.78, 5) is 17.5. The van der Waals surface area contributed by atoms with E-state index in [2.05, 4.69) is 15.4 Å². The fourth-order valence-corrected chi connectivity index (χ4v) is 4.30. The Balaban J connectivity index is 1.80. The number of hydrogen-bond acceptors (Lipinski definition) is 4. The molecule has 0 saturated heterocycles. The molecule has 0 aliphatic carbocycles. The predicted octanol–water partition coefficient (Wildman–Crippen LogP) is 6.28. The van der Waals surface area contributed by atoms with Crippen LogP contribution < -0.4 is 5.32 Å². The van der Waals surface area contributed by atoms with Crippen LogP contribution in [0.2, 0.25) is 0 Å². The highest BCUT2D eigenvalue weighted by molar-refractivity contribution is 7.15. The van der Waals surface area contributed by atoms with Crippen LogP contribution >= 0.6 is 11.3 Å². The molecule has 11 heteroatoms. The van der Waals surface area contributed by atoms with Crippen LogP contribution in [-0.2, 0) is 25.6 Å². The molecular formula is C23H23F5N4OS. The summed E-state index contributed by atoms with van der Waals surface area (Å²) in [5.41, 5.74) is -0.791. The molecule has 2 aromatic heterocycles. The van der Waals surface area contributed by atoms with Gasteiger partial charge in [0.05, 0.1) is 11.6 Å². The zero-order chi connectivity index (χ0) is 25.3. The van der Waals surface area contributed by atoms with E-state index in [1.165, 1.54) is 32.3 Å². The van der Waals surface area contributed by atoms with Gasteiger partial charge in [-0.15, -0.1) is 11.3 Å². The Bertz CT molecular complexity index is 1210. The van der Waals surface area contributed by atoms with Gasteiger partial charge in [-0.1, -0.05) is 25.1 Å². The van der Waals surface area contributed by atoms with E-state index in [0.29, 0.717) is 21.5 Å². The lowest BCUT2D eigenvalue weighted by molar-refractivity contribution is -0.138. The van der Waals surface area contributed by atoms with Gasteiger partial charge in [0.25, 0.3) is 5.91 Å². The van der Waals surface area contributed by atoms with Crippen LogP contribution in [0.1, 0.15) is 59.0 Å². The maximum absolute atomic E-state index is 14.1. The van der Waals surface area contributed by atoms with Gasteiger partial charge in [0, 0.05) is 23.7 Å². The van der Waals surface area contributed by atoms with Gasteiger partial charge in [0.1, 0.15) is 16.4 Å². The van der Waals surface area contributed by atoms with Gasteiger partial charge in [-0.2, -0.15) is 27.1 Å². The molecule has 2 heterocycles. The third-order valence-corrected chi connectivity index (χ3v) is 6.40. The molecule has 0 aliphatic rings. The quantitative estimate of drug-likeness (QED) is 0.308. The lowest BCUT2D eigenvalue weighted by Gasteiger charge is -2.13. The number of alkyl halides is 5. The molecule has 1 N–H and O–H groups in total. The second-order valence-corrected chi connectivity index (χ2v) is 8.71. The van der Waals surface area contributed by atoms with Crippen LogP contribution in [0.4, 0.5) is 22.0 Å². The Morgan fingerprint density at radius 1 is 1.24 bits per heavy atom. The van der Waals surface area contributed by atoms with E-state index in [1.807, 2.05) is 0 Å². The largest absolute Gasteiger partial charge is 0.416 e. The fourth-order valence-electron chi connectivity index (χ4n) is 3.38. The van der Waals surface area contributed by atoms with Crippen molar-refractivity contribution in [3.8, 4) is 10.6 Å². The summed E-state index contributed by atoms with van der Waals surface area (Å²) in [6.07, 6.45) is -0.867. The molecule has 34 heavy (non-hydrogen) atoms. The minimum absolute atomic E-state index is 0.0549. The summed E-state index contributed by atoms with van der Waals surface area (Å²) < 4.78 is 69.4. The van der Waals surface area contributed by atoms with Crippen molar-refractivity contribution in [1.29, 1.82) is 0 Å². The van der Waals surface area contributed by atoms with Crippen molar-refractivity contribution in [3.05, 3.63) is 70.0 Å². The van der Waals surface area contributed by atoms with Gasteiger partial charge in [-0.25, -0.2) is 4.98 Å². The molecule has 5 nitrogen and oxygen atoms in total. The molecule has 1 unspecified atom stereocenters. The number of benzene rings is 1. The van der Waals surface area contributed by atoms with Crippen molar-refractivity contribution >= 4 is 17.2 Å². The number of nitrogens with zero attached hydrogens (tertiary/aromatic N) is 3. The number of amides is 1. The van der Waals surface area contributed by atoms with Crippen molar-refractivity contribution in [3.63, 3.8) is 0 Å². The first kappa shape index (κ1) is 25.5. The van der Waals surface area contributed by atoms with Crippen LogP contribution in [0.5, 0.6) is 0 Å². The highest BCUT2D eigenvalue weighted by Gasteiger charge is 2.34. The van der Waals surface area contributed by atoms with Crippen LogP contribution in [0.3, 0.4) is 0 Å². The number of allylic oxidation sites excluding steroid dienone is 2. The Morgan fingerprint density at radius 2 is 1.94 bits per heavy atom. The van der Waals surface area contributed by atoms with Gasteiger partial charge >= 0.3 is 12.1 Å². The number of halogens is 5. The highest BCUT2D eigenvalue weighted by Crippen LogP contribution is 2.37. The molecule has 1 atom stereocenters. The number of carbonyl (C=O) groups excluding carboxylic acids is 1. The summed E-state index contributed by atoms with van der Waals surface area (Å²) in [6.45, 7) is 4.78. The number of carbonyl (C=O) groups is 1. The summed E-state index contributed by atoms with van der Waals surface area (Å²) >= 11 is 1.14. The van der Waals surface area contributed by atoms with Gasteiger partial charge in [-0.05, 0) is 44.0 Å². The minimum atomic E-state index is -4.48. The second-order valence-electron chi connectivity index (χ2n) is 7.65. The van der Waals surface area contributed by atoms with E-state index in [4.69, 9.17) is 0 Å². The maximum Gasteiger partial charge on any atom is 0.416 e. The summed E-state index contributed by atoms with van der Waals surface area (Å²) in [7, 11) is 1.39. The Labute approximate surface area is 197 Å². The highest BCUT2D eigenvalue weighted by atomic mass is 32.1. The third-order valence-electron chi connectivity index (χ3n) is 5.17. The lowest BCUT2D eigenvalue weighted by atomic mass is 10.0. The van der Waals surface area contributed by atoms with E-state index in [-0.39, 0.29) is 17.7 Å². The van der Waals surface area contributed by atoms with Gasteiger partial charge in [0.2, 0.25) is 0 Å². The Morgan fingerprint density at radius 3 is 2.56 bits per heavy atom. The van der Waals surface area contributed by atoms with Gasteiger partial charge in [-0.3, -0.25) is 9.48 Å². The molecule has 0 radical (unpaired) electrons. The number of nitrogens with one attached hydrogen (secondary N) is 1. The van der Waals surface area contributed by atoms with Crippen molar-refractivity contribution in [2.45, 2.75) is 45.3 Å². The number of thiazole rings is 1. The van der Waals surface area contributed by atoms with E-state index < -0.39 is 35.3 Å². The molecule has 1 amide bonds. The van der Waals surface area contributed by atoms with Crippen LogP contribution in [0, 0.1) is 0 Å². The van der Waals surface area contributed by atoms with E-state index in [0.717, 1.165) is 28.2 Å². The topological polar surface area (TPSA) is 59.8 Å². The standard InChI is InChI=1S/C23H23F5N4OS/c1-5-9-22(24,25)19-11-17(32(4)31-19)20(33)30-13(3)18-12-29-21(34-18)15-8-7-14(6-2)16(10-15)23(26,27)28/h5,7-13H,6H2,1-4H3,(H,30,33)/b9-5+. The summed E-state index contributed by atoms with van der Waals surface area (Å²) in [6, 6.07) is 4.56. The molecule has 0 bridgehead atoms.